The standard InChI is InChI=1S/C12H16N2O3S/c1-8(15)13-9-4-5-14(6-9)7-10-2-3-11(18-10)12(16)17/h2-3,9H,4-7H2,1H3,(H,13,15)(H,16,17). The molecule has 5 nitrogen and oxygen atoms in total. The van der Waals surface area contributed by atoms with E-state index in [1.165, 1.54) is 18.3 Å². The Kier molecular flexibility index (Phi) is 3.98. The molecule has 1 aromatic rings. The second-order valence-electron chi connectivity index (χ2n) is 4.49. The zero-order chi connectivity index (χ0) is 13.1. The summed E-state index contributed by atoms with van der Waals surface area (Å²) in [7, 11) is 0. The molecule has 0 bridgehead atoms. The Bertz CT molecular complexity index is 458. The molecule has 2 rings (SSSR count). The van der Waals surface area contributed by atoms with Crippen LogP contribution in [0.4, 0.5) is 0 Å². The van der Waals surface area contributed by atoms with E-state index in [0.29, 0.717) is 4.88 Å². The number of carboxylic acids is 1. The van der Waals surface area contributed by atoms with Gasteiger partial charge < -0.3 is 10.4 Å². The monoisotopic (exact) mass is 268 g/mol. The highest BCUT2D eigenvalue weighted by atomic mass is 32.1. The van der Waals surface area contributed by atoms with Crippen LogP contribution in [0.3, 0.4) is 0 Å². The molecule has 1 fully saturated rings. The molecule has 2 N–H and O–H groups in total. The number of hydrogen-bond acceptors (Lipinski definition) is 4. The summed E-state index contributed by atoms with van der Waals surface area (Å²) in [4.78, 5) is 25.4. The van der Waals surface area contributed by atoms with Crippen LogP contribution in [0.2, 0.25) is 0 Å². The fourth-order valence-electron chi connectivity index (χ4n) is 2.18. The average molecular weight is 268 g/mol. The van der Waals surface area contributed by atoms with E-state index in [-0.39, 0.29) is 11.9 Å². The van der Waals surface area contributed by atoms with Gasteiger partial charge in [0.25, 0.3) is 0 Å². The molecule has 2 heterocycles. The third-order valence-electron chi connectivity index (χ3n) is 2.93. The van der Waals surface area contributed by atoms with Crippen LogP contribution in [-0.2, 0) is 11.3 Å². The predicted octanol–water partition coefficient (Wildman–Crippen LogP) is 1.16. The molecule has 1 saturated heterocycles. The van der Waals surface area contributed by atoms with Gasteiger partial charge in [0.05, 0.1) is 0 Å². The number of hydrogen-bond donors (Lipinski definition) is 2. The molecule has 98 valence electrons. The summed E-state index contributed by atoms with van der Waals surface area (Å²) < 4.78 is 0. The first kappa shape index (κ1) is 13.0. The highest BCUT2D eigenvalue weighted by Crippen LogP contribution is 2.20. The SMILES string of the molecule is CC(=O)NC1CCN(Cc2ccc(C(=O)O)s2)C1. The van der Waals surface area contributed by atoms with Crippen molar-refractivity contribution in [3.8, 4) is 0 Å². The van der Waals surface area contributed by atoms with E-state index in [1.807, 2.05) is 6.07 Å². The van der Waals surface area contributed by atoms with Crippen LogP contribution in [0.1, 0.15) is 27.9 Å². The van der Waals surface area contributed by atoms with Crippen LogP contribution in [-0.4, -0.2) is 41.0 Å². The second-order valence-corrected chi connectivity index (χ2v) is 5.66. The molecule has 1 aliphatic rings. The minimum Gasteiger partial charge on any atom is -0.477 e. The fraction of sp³-hybridized carbons (Fsp3) is 0.500. The minimum atomic E-state index is -0.871. The van der Waals surface area contributed by atoms with E-state index in [9.17, 15) is 9.59 Å². The van der Waals surface area contributed by atoms with Crippen LogP contribution in [0.25, 0.3) is 0 Å². The van der Waals surface area contributed by atoms with E-state index in [2.05, 4.69) is 10.2 Å². The van der Waals surface area contributed by atoms with Gasteiger partial charge in [0.1, 0.15) is 4.88 Å². The number of nitrogens with zero attached hydrogens (tertiary/aromatic N) is 1. The molecule has 0 radical (unpaired) electrons. The Balaban J connectivity index is 1.87. The van der Waals surface area contributed by atoms with E-state index < -0.39 is 5.97 Å². The summed E-state index contributed by atoms with van der Waals surface area (Å²) in [5.74, 6) is -0.866. The Morgan fingerprint density at radius 1 is 1.56 bits per heavy atom. The molecular formula is C12H16N2O3S. The topological polar surface area (TPSA) is 69.6 Å². The highest BCUT2D eigenvalue weighted by Gasteiger charge is 2.23. The smallest absolute Gasteiger partial charge is 0.345 e. The van der Waals surface area contributed by atoms with Crippen LogP contribution in [0.5, 0.6) is 0 Å². The van der Waals surface area contributed by atoms with E-state index >= 15 is 0 Å². The summed E-state index contributed by atoms with van der Waals surface area (Å²) in [6.07, 6.45) is 0.955. The number of likely N-dealkylation sites (tertiary alicyclic amines) is 1. The highest BCUT2D eigenvalue weighted by molar-refractivity contribution is 7.13. The third-order valence-corrected chi connectivity index (χ3v) is 3.99. The molecule has 18 heavy (non-hydrogen) atoms. The van der Waals surface area contributed by atoms with Crippen molar-refractivity contribution in [3.63, 3.8) is 0 Å². The summed E-state index contributed by atoms with van der Waals surface area (Å²) in [6.45, 7) is 4.06. The molecule has 1 atom stereocenters. The molecule has 1 unspecified atom stereocenters. The number of amides is 1. The Morgan fingerprint density at radius 3 is 2.94 bits per heavy atom. The zero-order valence-corrected chi connectivity index (χ0v) is 11.0. The van der Waals surface area contributed by atoms with Gasteiger partial charge in [0, 0.05) is 37.5 Å². The normalized spacial score (nSPS) is 19.9. The van der Waals surface area contributed by atoms with Gasteiger partial charge in [0.15, 0.2) is 0 Å². The van der Waals surface area contributed by atoms with E-state index in [1.54, 1.807) is 6.07 Å². The molecule has 0 aromatic carbocycles. The zero-order valence-electron chi connectivity index (χ0n) is 10.2. The van der Waals surface area contributed by atoms with Gasteiger partial charge in [-0.1, -0.05) is 0 Å². The molecule has 0 spiro atoms. The number of aromatic carboxylic acids is 1. The van der Waals surface area contributed by atoms with Crippen molar-refractivity contribution >= 4 is 23.2 Å². The Labute approximate surface area is 109 Å². The lowest BCUT2D eigenvalue weighted by Gasteiger charge is -2.15. The lowest BCUT2D eigenvalue weighted by molar-refractivity contribution is -0.119. The summed E-state index contributed by atoms with van der Waals surface area (Å²) in [5.41, 5.74) is 0. The number of nitrogens with one attached hydrogen (secondary N) is 1. The van der Waals surface area contributed by atoms with Crippen LogP contribution in [0.15, 0.2) is 12.1 Å². The van der Waals surface area contributed by atoms with Crippen molar-refractivity contribution in [2.24, 2.45) is 0 Å². The minimum absolute atomic E-state index is 0.00568. The molecule has 1 aliphatic heterocycles. The summed E-state index contributed by atoms with van der Waals surface area (Å²) in [5, 5.41) is 11.8. The second kappa shape index (κ2) is 5.49. The number of carbonyl (C=O) groups is 2. The van der Waals surface area contributed by atoms with Crippen LogP contribution in [0, 0.1) is 0 Å². The van der Waals surface area contributed by atoms with Gasteiger partial charge in [0.2, 0.25) is 5.91 Å². The van der Waals surface area contributed by atoms with Gasteiger partial charge >= 0.3 is 5.97 Å². The quantitative estimate of drug-likeness (QED) is 0.859. The van der Waals surface area contributed by atoms with Gasteiger partial charge in [-0.3, -0.25) is 9.69 Å². The van der Waals surface area contributed by atoms with E-state index in [0.717, 1.165) is 30.9 Å². The number of thiophene rings is 1. The summed E-state index contributed by atoms with van der Waals surface area (Å²) in [6, 6.07) is 3.73. The van der Waals surface area contributed by atoms with Crippen molar-refractivity contribution in [2.75, 3.05) is 13.1 Å². The summed E-state index contributed by atoms with van der Waals surface area (Å²) >= 11 is 1.31. The Morgan fingerprint density at radius 2 is 2.33 bits per heavy atom. The lowest BCUT2D eigenvalue weighted by Crippen LogP contribution is -2.35. The first-order valence-electron chi connectivity index (χ1n) is 5.86. The van der Waals surface area contributed by atoms with Gasteiger partial charge in [-0.25, -0.2) is 4.79 Å². The first-order chi connectivity index (χ1) is 8.54. The molecule has 1 aromatic heterocycles. The molecule has 1 amide bonds. The fourth-order valence-corrected chi connectivity index (χ4v) is 3.07. The molecular weight excluding hydrogens is 252 g/mol. The molecule has 6 heteroatoms. The maximum Gasteiger partial charge on any atom is 0.345 e. The molecule has 0 saturated carbocycles. The van der Waals surface area contributed by atoms with Gasteiger partial charge in [-0.05, 0) is 18.6 Å². The molecule has 0 aliphatic carbocycles. The predicted molar refractivity (Wildman–Crippen MR) is 68.8 cm³/mol. The van der Waals surface area contributed by atoms with E-state index in [4.69, 9.17) is 5.11 Å². The maximum atomic E-state index is 11.0. The average Bonchev–Trinajstić information content (AvgIpc) is 2.88. The third kappa shape index (κ3) is 3.30. The Hall–Kier alpha value is -1.40. The first-order valence-corrected chi connectivity index (χ1v) is 6.67. The maximum absolute atomic E-state index is 11.0. The number of rotatable bonds is 4. The van der Waals surface area contributed by atoms with Crippen molar-refractivity contribution in [3.05, 3.63) is 21.9 Å². The van der Waals surface area contributed by atoms with Crippen LogP contribution < -0.4 is 5.32 Å². The van der Waals surface area contributed by atoms with Crippen LogP contribution >= 0.6 is 11.3 Å². The van der Waals surface area contributed by atoms with Crippen molar-refractivity contribution < 1.29 is 14.7 Å². The van der Waals surface area contributed by atoms with Crippen molar-refractivity contribution in [1.82, 2.24) is 10.2 Å². The number of carboxylic acid groups (broad SMARTS) is 1. The van der Waals surface area contributed by atoms with Gasteiger partial charge in [-0.15, -0.1) is 11.3 Å². The largest absolute Gasteiger partial charge is 0.477 e. The van der Waals surface area contributed by atoms with Crippen molar-refractivity contribution in [1.29, 1.82) is 0 Å². The van der Waals surface area contributed by atoms with Crippen molar-refractivity contribution in [2.45, 2.75) is 25.9 Å². The van der Waals surface area contributed by atoms with Gasteiger partial charge in [-0.2, -0.15) is 0 Å². The number of carbonyl (C=O) groups excluding carboxylic acids is 1. The lowest BCUT2D eigenvalue weighted by atomic mass is 10.2.